The standard InChI is InChI=1S/C14H20N2O/c1-10(2)11-4-6-12(7-5-11)13-14(17)15-8-9-16(13)3/h4-7,10,13H,8-9H2,1-3H3,(H,15,17). The second-order valence-electron chi connectivity index (χ2n) is 5.00. The van der Waals surface area contributed by atoms with Gasteiger partial charge in [0.15, 0.2) is 0 Å². The molecule has 0 aliphatic carbocycles. The molecule has 1 aliphatic rings. The topological polar surface area (TPSA) is 32.3 Å². The number of hydrogen-bond donors (Lipinski definition) is 1. The first-order valence-electron chi connectivity index (χ1n) is 6.17. The van der Waals surface area contributed by atoms with Gasteiger partial charge in [-0.15, -0.1) is 0 Å². The molecular formula is C14H20N2O. The van der Waals surface area contributed by atoms with Crippen LogP contribution in [0, 0.1) is 0 Å². The number of carbonyl (C=O) groups is 1. The Balaban J connectivity index is 2.23. The molecule has 1 fully saturated rings. The minimum atomic E-state index is -0.134. The number of carbonyl (C=O) groups excluding carboxylic acids is 1. The maximum atomic E-state index is 11.9. The van der Waals surface area contributed by atoms with Crippen LogP contribution in [0.2, 0.25) is 0 Å². The van der Waals surface area contributed by atoms with E-state index in [1.807, 2.05) is 7.05 Å². The van der Waals surface area contributed by atoms with Crippen molar-refractivity contribution in [1.29, 1.82) is 0 Å². The summed E-state index contributed by atoms with van der Waals surface area (Å²) >= 11 is 0. The van der Waals surface area contributed by atoms with Crippen LogP contribution in [0.15, 0.2) is 24.3 Å². The van der Waals surface area contributed by atoms with Crippen molar-refractivity contribution in [3.8, 4) is 0 Å². The largest absolute Gasteiger partial charge is 0.353 e. The molecule has 0 saturated carbocycles. The third-order valence-electron chi connectivity index (χ3n) is 3.37. The Labute approximate surface area is 103 Å². The fourth-order valence-electron chi connectivity index (χ4n) is 2.25. The van der Waals surface area contributed by atoms with Crippen molar-refractivity contribution < 1.29 is 4.79 Å². The lowest BCUT2D eigenvalue weighted by Gasteiger charge is -2.32. The Morgan fingerprint density at radius 3 is 2.47 bits per heavy atom. The van der Waals surface area contributed by atoms with Crippen LogP contribution in [0.1, 0.15) is 36.9 Å². The zero-order valence-corrected chi connectivity index (χ0v) is 10.7. The minimum Gasteiger partial charge on any atom is -0.353 e. The van der Waals surface area contributed by atoms with E-state index in [1.165, 1.54) is 5.56 Å². The number of hydrogen-bond acceptors (Lipinski definition) is 2. The number of benzene rings is 1. The molecule has 92 valence electrons. The number of rotatable bonds is 2. The van der Waals surface area contributed by atoms with Crippen LogP contribution in [0.3, 0.4) is 0 Å². The van der Waals surface area contributed by atoms with Crippen molar-refractivity contribution in [3.05, 3.63) is 35.4 Å². The summed E-state index contributed by atoms with van der Waals surface area (Å²) in [6.45, 7) is 6.00. The van der Waals surface area contributed by atoms with Crippen molar-refractivity contribution in [1.82, 2.24) is 10.2 Å². The molecule has 1 aromatic carbocycles. The molecular weight excluding hydrogens is 212 g/mol. The van der Waals surface area contributed by atoms with Crippen molar-refractivity contribution >= 4 is 5.91 Å². The molecule has 0 radical (unpaired) electrons. The van der Waals surface area contributed by atoms with Gasteiger partial charge < -0.3 is 5.32 Å². The van der Waals surface area contributed by atoms with E-state index < -0.39 is 0 Å². The lowest BCUT2D eigenvalue weighted by Crippen LogP contribution is -2.48. The van der Waals surface area contributed by atoms with E-state index in [-0.39, 0.29) is 11.9 Å². The summed E-state index contributed by atoms with van der Waals surface area (Å²) in [5.41, 5.74) is 2.39. The smallest absolute Gasteiger partial charge is 0.241 e. The van der Waals surface area contributed by atoms with Crippen LogP contribution in [-0.2, 0) is 4.79 Å². The predicted molar refractivity (Wildman–Crippen MR) is 68.9 cm³/mol. The lowest BCUT2D eigenvalue weighted by molar-refractivity contribution is -0.128. The quantitative estimate of drug-likeness (QED) is 0.845. The molecule has 1 amide bonds. The molecule has 2 rings (SSSR count). The third kappa shape index (κ3) is 2.50. The van der Waals surface area contributed by atoms with Crippen LogP contribution in [0.5, 0.6) is 0 Å². The summed E-state index contributed by atoms with van der Waals surface area (Å²) in [7, 11) is 2.00. The Bertz CT molecular complexity index is 397. The van der Waals surface area contributed by atoms with Crippen LogP contribution in [0.4, 0.5) is 0 Å². The molecule has 1 heterocycles. The lowest BCUT2D eigenvalue weighted by atomic mass is 9.97. The van der Waals surface area contributed by atoms with Crippen LogP contribution in [-0.4, -0.2) is 30.9 Å². The van der Waals surface area contributed by atoms with Crippen LogP contribution >= 0.6 is 0 Å². The molecule has 3 nitrogen and oxygen atoms in total. The Morgan fingerprint density at radius 1 is 1.29 bits per heavy atom. The molecule has 3 heteroatoms. The number of nitrogens with zero attached hydrogens (tertiary/aromatic N) is 1. The van der Waals surface area contributed by atoms with Crippen molar-refractivity contribution in [2.75, 3.05) is 20.1 Å². The predicted octanol–water partition coefficient (Wildman–Crippen LogP) is 1.91. The van der Waals surface area contributed by atoms with Gasteiger partial charge in [-0.3, -0.25) is 9.69 Å². The monoisotopic (exact) mass is 232 g/mol. The fourth-order valence-corrected chi connectivity index (χ4v) is 2.25. The number of likely N-dealkylation sites (N-methyl/N-ethyl adjacent to an activating group) is 1. The molecule has 1 aliphatic heterocycles. The van der Waals surface area contributed by atoms with Gasteiger partial charge in [0.2, 0.25) is 5.91 Å². The molecule has 17 heavy (non-hydrogen) atoms. The molecule has 1 unspecified atom stereocenters. The van der Waals surface area contributed by atoms with Gasteiger partial charge in [0, 0.05) is 13.1 Å². The molecule has 1 N–H and O–H groups in total. The zero-order chi connectivity index (χ0) is 12.4. The van der Waals surface area contributed by atoms with Gasteiger partial charge in [0.25, 0.3) is 0 Å². The average molecular weight is 232 g/mol. The summed E-state index contributed by atoms with van der Waals surface area (Å²) in [5, 5.41) is 2.92. The molecule has 0 spiro atoms. The molecule has 0 aromatic heterocycles. The maximum Gasteiger partial charge on any atom is 0.241 e. The zero-order valence-electron chi connectivity index (χ0n) is 10.7. The van der Waals surface area contributed by atoms with E-state index in [9.17, 15) is 4.79 Å². The molecule has 1 atom stereocenters. The van der Waals surface area contributed by atoms with E-state index in [0.29, 0.717) is 5.92 Å². The SMILES string of the molecule is CC(C)c1ccc(C2C(=O)NCCN2C)cc1. The van der Waals surface area contributed by atoms with Crippen molar-refractivity contribution in [2.45, 2.75) is 25.8 Å². The van der Waals surface area contributed by atoms with Crippen molar-refractivity contribution in [3.63, 3.8) is 0 Å². The van der Waals surface area contributed by atoms with Crippen LogP contribution < -0.4 is 5.32 Å². The summed E-state index contributed by atoms with van der Waals surface area (Å²) in [6.07, 6.45) is 0. The van der Waals surface area contributed by atoms with Crippen LogP contribution in [0.25, 0.3) is 0 Å². The highest BCUT2D eigenvalue weighted by molar-refractivity contribution is 5.83. The second kappa shape index (κ2) is 4.88. The normalized spacial score (nSPS) is 21.6. The highest BCUT2D eigenvalue weighted by atomic mass is 16.2. The van der Waals surface area contributed by atoms with E-state index in [4.69, 9.17) is 0 Å². The van der Waals surface area contributed by atoms with Gasteiger partial charge in [-0.25, -0.2) is 0 Å². The minimum absolute atomic E-state index is 0.107. The number of nitrogens with one attached hydrogen (secondary N) is 1. The maximum absolute atomic E-state index is 11.9. The third-order valence-corrected chi connectivity index (χ3v) is 3.37. The Morgan fingerprint density at radius 2 is 1.94 bits per heavy atom. The first-order chi connectivity index (χ1) is 8.09. The Hall–Kier alpha value is -1.35. The molecule has 1 aromatic rings. The summed E-state index contributed by atoms with van der Waals surface area (Å²) in [6, 6.07) is 8.25. The van der Waals surface area contributed by atoms with Gasteiger partial charge in [-0.1, -0.05) is 38.1 Å². The average Bonchev–Trinajstić information content (AvgIpc) is 2.29. The van der Waals surface area contributed by atoms with E-state index in [2.05, 4.69) is 48.3 Å². The number of piperazine rings is 1. The first kappa shape index (κ1) is 12.1. The fraction of sp³-hybridized carbons (Fsp3) is 0.500. The molecule has 1 saturated heterocycles. The highest BCUT2D eigenvalue weighted by Gasteiger charge is 2.28. The highest BCUT2D eigenvalue weighted by Crippen LogP contribution is 2.23. The molecule has 0 bridgehead atoms. The van der Waals surface area contributed by atoms with Crippen molar-refractivity contribution in [2.24, 2.45) is 0 Å². The first-order valence-corrected chi connectivity index (χ1v) is 6.17. The second-order valence-corrected chi connectivity index (χ2v) is 5.00. The summed E-state index contributed by atoms with van der Waals surface area (Å²) in [4.78, 5) is 14.0. The van der Waals surface area contributed by atoms with E-state index in [1.54, 1.807) is 0 Å². The van der Waals surface area contributed by atoms with E-state index in [0.717, 1.165) is 18.7 Å². The number of amides is 1. The summed E-state index contributed by atoms with van der Waals surface area (Å²) in [5.74, 6) is 0.637. The van der Waals surface area contributed by atoms with Gasteiger partial charge in [-0.05, 0) is 24.1 Å². The van der Waals surface area contributed by atoms with E-state index >= 15 is 0 Å². The Kier molecular flexibility index (Phi) is 3.48. The van der Waals surface area contributed by atoms with Gasteiger partial charge in [0.1, 0.15) is 6.04 Å². The summed E-state index contributed by atoms with van der Waals surface area (Å²) < 4.78 is 0. The van der Waals surface area contributed by atoms with Gasteiger partial charge in [-0.2, -0.15) is 0 Å². The van der Waals surface area contributed by atoms with Gasteiger partial charge in [0.05, 0.1) is 0 Å². The van der Waals surface area contributed by atoms with Gasteiger partial charge >= 0.3 is 0 Å².